The van der Waals surface area contributed by atoms with Crippen molar-refractivity contribution in [3.05, 3.63) is 56.8 Å². The standard InChI is InChI=1S/C22H30N2O2S/c1-13(2)11-20(24-21(25)18-10-8-7-9-14(18)3)22(26)23-16(5)19-12-15(4)27-17(19)6/h7-10,12-13,16,20H,11H2,1-6H3,(H,23,26)(H,24,25)/t16-,20-/m1/s1. The lowest BCUT2D eigenvalue weighted by Crippen LogP contribution is -2.48. The number of rotatable bonds is 7. The third-order valence-corrected chi connectivity index (χ3v) is 5.60. The minimum Gasteiger partial charge on any atom is -0.348 e. The van der Waals surface area contributed by atoms with Crippen molar-refractivity contribution in [2.75, 3.05) is 0 Å². The van der Waals surface area contributed by atoms with E-state index in [0.717, 1.165) is 11.1 Å². The van der Waals surface area contributed by atoms with Crippen LogP contribution in [-0.4, -0.2) is 17.9 Å². The molecule has 146 valence electrons. The summed E-state index contributed by atoms with van der Waals surface area (Å²) in [6.45, 7) is 12.1. The van der Waals surface area contributed by atoms with Crippen molar-refractivity contribution < 1.29 is 9.59 Å². The number of nitrogens with one attached hydrogen (secondary N) is 2. The molecule has 5 heteroatoms. The molecule has 0 saturated carbocycles. The van der Waals surface area contributed by atoms with Gasteiger partial charge in [-0.05, 0) is 63.3 Å². The fourth-order valence-corrected chi connectivity index (χ4v) is 4.26. The summed E-state index contributed by atoms with van der Waals surface area (Å²) in [6.07, 6.45) is 0.595. The Morgan fingerprint density at radius 3 is 2.26 bits per heavy atom. The molecule has 0 fully saturated rings. The van der Waals surface area contributed by atoms with Crippen molar-refractivity contribution >= 4 is 23.2 Å². The molecular weight excluding hydrogens is 356 g/mol. The van der Waals surface area contributed by atoms with Gasteiger partial charge in [0.2, 0.25) is 5.91 Å². The lowest BCUT2D eigenvalue weighted by Gasteiger charge is -2.23. The predicted octanol–water partition coefficient (Wildman–Crippen LogP) is 4.70. The highest BCUT2D eigenvalue weighted by atomic mass is 32.1. The molecule has 0 unspecified atom stereocenters. The Balaban J connectivity index is 2.12. The molecule has 0 saturated heterocycles. The van der Waals surface area contributed by atoms with Crippen molar-refractivity contribution in [3.63, 3.8) is 0 Å². The molecule has 0 spiro atoms. The molecule has 1 aromatic carbocycles. The summed E-state index contributed by atoms with van der Waals surface area (Å²) in [5.41, 5.74) is 2.65. The molecule has 0 aliphatic heterocycles. The molecule has 2 atom stereocenters. The topological polar surface area (TPSA) is 58.2 Å². The number of carbonyl (C=O) groups is 2. The van der Waals surface area contributed by atoms with Crippen molar-refractivity contribution in [2.45, 2.75) is 60.0 Å². The minimum atomic E-state index is -0.556. The summed E-state index contributed by atoms with van der Waals surface area (Å²) in [6, 6.07) is 8.90. The molecule has 1 heterocycles. The normalized spacial score (nSPS) is 13.3. The highest BCUT2D eigenvalue weighted by molar-refractivity contribution is 7.12. The van der Waals surface area contributed by atoms with Gasteiger partial charge in [-0.2, -0.15) is 0 Å². The van der Waals surface area contributed by atoms with Crippen molar-refractivity contribution in [3.8, 4) is 0 Å². The number of carbonyl (C=O) groups excluding carboxylic acids is 2. The second kappa shape index (κ2) is 9.18. The number of amides is 2. The summed E-state index contributed by atoms with van der Waals surface area (Å²) in [5.74, 6) is -0.0520. The van der Waals surface area contributed by atoms with E-state index < -0.39 is 6.04 Å². The van der Waals surface area contributed by atoms with Crippen LogP contribution in [0, 0.1) is 26.7 Å². The van der Waals surface area contributed by atoms with Crippen LogP contribution in [0.15, 0.2) is 30.3 Å². The van der Waals surface area contributed by atoms with Gasteiger partial charge in [-0.1, -0.05) is 32.0 Å². The van der Waals surface area contributed by atoms with E-state index in [9.17, 15) is 9.59 Å². The van der Waals surface area contributed by atoms with Crippen LogP contribution in [0.3, 0.4) is 0 Å². The highest BCUT2D eigenvalue weighted by Gasteiger charge is 2.25. The fourth-order valence-electron chi connectivity index (χ4n) is 3.24. The van der Waals surface area contributed by atoms with Crippen LogP contribution in [0.5, 0.6) is 0 Å². The zero-order chi connectivity index (χ0) is 20.1. The van der Waals surface area contributed by atoms with E-state index in [-0.39, 0.29) is 17.9 Å². The Kier molecular flexibility index (Phi) is 7.19. The average molecular weight is 387 g/mol. The zero-order valence-electron chi connectivity index (χ0n) is 17.1. The molecule has 2 N–H and O–H groups in total. The number of hydrogen-bond donors (Lipinski definition) is 2. The first-order chi connectivity index (χ1) is 12.7. The van der Waals surface area contributed by atoms with E-state index in [1.165, 1.54) is 9.75 Å². The summed E-state index contributed by atoms with van der Waals surface area (Å²) in [7, 11) is 0. The molecule has 27 heavy (non-hydrogen) atoms. The quantitative estimate of drug-likeness (QED) is 0.725. The Morgan fingerprint density at radius 2 is 1.70 bits per heavy atom. The highest BCUT2D eigenvalue weighted by Crippen LogP contribution is 2.26. The van der Waals surface area contributed by atoms with Crippen LogP contribution in [0.25, 0.3) is 0 Å². The van der Waals surface area contributed by atoms with Gasteiger partial charge in [-0.3, -0.25) is 9.59 Å². The Bertz CT molecular complexity index is 810. The number of benzene rings is 1. The maximum absolute atomic E-state index is 12.9. The van der Waals surface area contributed by atoms with Gasteiger partial charge in [-0.15, -0.1) is 11.3 Å². The lowest BCUT2D eigenvalue weighted by molar-refractivity contribution is -0.124. The summed E-state index contributed by atoms with van der Waals surface area (Å²) < 4.78 is 0. The molecule has 2 amide bonds. The van der Waals surface area contributed by atoms with Crippen LogP contribution in [0.1, 0.15) is 64.5 Å². The van der Waals surface area contributed by atoms with Gasteiger partial charge in [0.15, 0.2) is 0 Å². The zero-order valence-corrected chi connectivity index (χ0v) is 17.9. The maximum Gasteiger partial charge on any atom is 0.252 e. The third-order valence-electron chi connectivity index (χ3n) is 4.62. The monoisotopic (exact) mass is 386 g/mol. The van der Waals surface area contributed by atoms with E-state index in [2.05, 4.69) is 44.4 Å². The van der Waals surface area contributed by atoms with Crippen LogP contribution >= 0.6 is 11.3 Å². The molecule has 1 aromatic heterocycles. The van der Waals surface area contributed by atoms with Gasteiger partial charge in [0.25, 0.3) is 5.91 Å². The molecule has 4 nitrogen and oxygen atoms in total. The van der Waals surface area contributed by atoms with Gasteiger partial charge < -0.3 is 10.6 Å². The van der Waals surface area contributed by atoms with Crippen molar-refractivity contribution in [2.24, 2.45) is 5.92 Å². The van der Waals surface area contributed by atoms with Crippen molar-refractivity contribution in [1.82, 2.24) is 10.6 Å². The Hall–Kier alpha value is -2.14. The van der Waals surface area contributed by atoms with Gasteiger partial charge in [0.05, 0.1) is 6.04 Å². The average Bonchev–Trinajstić information content (AvgIpc) is 2.92. The SMILES string of the molecule is Cc1cc([C@@H](C)NC(=O)[C@@H](CC(C)C)NC(=O)c2ccccc2C)c(C)s1. The smallest absolute Gasteiger partial charge is 0.252 e. The molecule has 0 bridgehead atoms. The number of thiophene rings is 1. The van der Waals surface area contributed by atoms with E-state index in [1.54, 1.807) is 17.4 Å². The van der Waals surface area contributed by atoms with Crippen LogP contribution in [0.2, 0.25) is 0 Å². The number of hydrogen-bond acceptors (Lipinski definition) is 3. The summed E-state index contributed by atoms with van der Waals surface area (Å²) in [4.78, 5) is 28.0. The predicted molar refractivity (Wildman–Crippen MR) is 112 cm³/mol. The second-order valence-electron chi connectivity index (χ2n) is 7.57. The molecule has 0 radical (unpaired) electrons. The fraction of sp³-hybridized carbons (Fsp3) is 0.455. The first-order valence-electron chi connectivity index (χ1n) is 9.42. The number of aryl methyl sites for hydroxylation is 3. The van der Waals surface area contributed by atoms with Gasteiger partial charge in [0.1, 0.15) is 6.04 Å². The minimum absolute atomic E-state index is 0.0903. The lowest BCUT2D eigenvalue weighted by atomic mass is 10.0. The first-order valence-corrected chi connectivity index (χ1v) is 10.2. The van der Waals surface area contributed by atoms with Gasteiger partial charge >= 0.3 is 0 Å². The van der Waals surface area contributed by atoms with E-state index >= 15 is 0 Å². The van der Waals surface area contributed by atoms with Crippen molar-refractivity contribution in [1.29, 1.82) is 0 Å². The molecule has 0 aliphatic carbocycles. The third kappa shape index (κ3) is 5.67. The van der Waals surface area contributed by atoms with Crippen LogP contribution in [-0.2, 0) is 4.79 Å². The van der Waals surface area contributed by atoms with E-state index in [4.69, 9.17) is 0 Å². The van der Waals surface area contributed by atoms with E-state index in [0.29, 0.717) is 17.9 Å². The molecule has 0 aliphatic rings. The largest absolute Gasteiger partial charge is 0.348 e. The molecule has 2 rings (SSSR count). The van der Waals surface area contributed by atoms with Crippen LogP contribution < -0.4 is 10.6 Å². The maximum atomic E-state index is 12.9. The second-order valence-corrected chi connectivity index (χ2v) is 9.03. The summed E-state index contributed by atoms with van der Waals surface area (Å²) >= 11 is 1.73. The molecular formula is C22H30N2O2S. The first kappa shape index (κ1) is 21.2. The molecule has 2 aromatic rings. The summed E-state index contributed by atoms with van der Waals surface area (Å²) in [5, 5.41) is 6.01. The van der Waals surface area contributed by atoms with E-state index in [1.807, 2.05) is 32.0 Å². The van der Waals surface area contributed by atoms with Gasteiger partial charge in [-0.25, -0.2) is 0 Å². The Labute approximate surface area is 166 Å². The Morgan fingerprint density at radius 1 is 1.04 bits per heavy atom. The van der Waals surface area contributed by atoms with Crippen LogP contribution in [0.4, 0.5) is 0 Å². The van der Waals surface area contributed by atoms with Gasteiger partial charge in [0, 0.05) is 15.3 Å².